The maximum absolute atomic E-state index is 3.73. The zero-order chi connectivity index (χ0) is 7.05. The zero-order valence-electron chi connectivity index (χ0n) is 6.84. The predicted octanol–water partition coefficient (Wildman–Crippen LogP) is 1.39. The van der Waals surface area contributed by atoms with Gasteiger partial charge in [-0.05, 0) is 48.9 Å². The van der Waals surface area contributed by atoms with Crippen LogP contribution in [0, 0.1) is 23.2 Å². The second kappa shape index (κ2) is 1.39. The normalized spacial score (nSPS) is 61.1. The van der Waals surface area contributed by atoms with Gasteiger partial charge in [0.2, 0.25) is 0 Å². The summed E-state index contributed by atoms with van der Waals surface area (Å²) in [7, 11) is 0. The highest BCUT2D eigenvalue weighted by Crippen LogP contribution is 2.69. The molecule has 0 bridgehead atoms. The van der Waals surface area contributed by atoms with Gasteiger partial charge in [-0.1, -0.05) is 0 Å². The molecule has 4 rings (SSSR count). The molecule has 4 unspecified atom stereocenters. The van der Waals surface area contributed by atoms with Crippen LogP contribution < -0.4 is 5.32 Å². The Hall–Kier alpha value is -0.0400. The molecule has 1 saturated heterocycles. The van der Waals surface area contributed by atoms with Gasteiger partial charge >= 0.3 is 0 Å². The topological polar surface area (TPSA) is 12.0 Å². The molecular formula is C10H15N. The summed E-state index contributed by atoms with van der Waals surface area (Å²) >= 11 is 0. The second-order valence-electron chi connectivity index (χ2n) is 5.27. The molecule has 4 aliphatic rings. The van der Waals surface area contributed by atoms with Crippen molar-refractivity contribution in [3.8, 4) is 0 Å². The Morgan fingerprint density at radius 3 is 2.91 bits per heavy atom. The average Bonchev–Trinajstić information content (AvgIpc) is 2.85. The minimum Gasteiger partial charge on any atom is -0.313 e. The van der Waals surface area contributed by atoms with Crippen LogP contribution in [0.15, 0.2) is 0 Å². The van der Waals surface area contributed by atoms with Gasteiger partial charge in [0, 0.05) is 12.6 Å². The molecule has 1 heteroatoms. The predicted molar refractivity (Wildman–Crippen MR) is 43.2 cm³/mol. The molecule has 1 heterocycles. The van der Waals surface area contributed by atoms with E-state index in [2.05, 4.69) is 5.32 Å². The Kier molecular flexibility index (Phi) is 0.706. The lowest BCUT2D eigenvalue weighted by molar-refractivity contribution is 0.335. The lowest BCUT2D eigenvalue weighted by atomic mass is 9.86. The van der Waals surface area contributed by atoms with Crippen LogP contribution in [0.1, 0.15) is 25.7 Å². The van der Waals surface area contributed by atoms with E-state index in [-0.39, 0.29) is 0 Å². The van der Waals surface area contributed by atoms with Crippen molar-refractivity contribution in [3.05, 3.63) is 0 Å². The van der Waals surface area contributed by atoms with Gasteiger partial charge < -0.3 is 5.32 Å². The van der Waals surface area contributed by atoms with Gasteiger partial charge in [0.15, 0.2) is 0 Å². The number of nitrogens with one attached hydrogen (secondary N) is 1. The molecule has 0 radical (unpaired) electrons. The molecule has 1 aliphatic heterocycles. The van der Waals surface area contributed by atoms with Crippen LogP contribution in [0.5, 0.6) is 0 Å². The summed E-state index contributed by atoms with van der Waals surface area (Å²) in [6, 6.07) is 0.959. The third-order valence-electron chi connectivity index (χ3n) is 4.74. The molecule has 60 valence electrons. The Morgan fingerprint density at radius 2 is 2.09 bits per heavy atom. The lowest BCUT2D eigenvalue weighted by Gasteiger charge is -2.17. The van der Waals surface area contributed by atoms with Crippen molar-refractivity contribution in [2.24, 2.45) is 23.2 Å². The van der Waals surface area contributed by atoms with E-state index in [1.807, 2.05) is 0 Å². The molecule has 4 atom stereocenters. The van der Waals surface area contributed by atoms with Gasteiger partial charge in [0.1, 0.15) is 0 Å². The number of rotatable bonds is 0. The van der Waals surface area contributed by atoms with E-state index in [0.29, 0.717) is 0 Å². The summed E-state index contributed by atoms with van der Waals surface area (Å²) < 4.78 is 0. The van der Waals surface area contributed by atoms with E-state index in [1.165, 1.54) is 18.9 Å². The van der Waals surface area contributed by atoms with E-state index in [9.17, 15) is 0 Å². The largest absolute Gasteiger partial charge is 0.313 e. The quantitative estimate of drug-likeness (QED) is 0.549. The van der Waals surface area contributed by atoms with Crippen LogP contribution >= 0.6 is 0 Å². The van der Waals surface area contributed by atoms with Crippen molar-refractivity contribution in [3.63, 3.8) is 0 Å². The molecule has 0 aromatic carbocycles. The average molecular weight is 149 g/mol. The summed E-state index contributed by atoms with van der Waals surface area (Å²) in [5, 5.41) is 3.73. The van der Waals surface area contributed by atoms with E-state index < -0.39 is 0 Å². The fraction of sp³-hybridized carbons (Fsp3) is 1.00. The lowest BCUT2D eigenvalue weighted by Crippen LogP contribution is -2.24. The Morgan fingerprint density at radius 1 is 1.18 bits per heavy atom. The standard InChI is InChI=1S/C10H15N/c1-2-10(1)5-11-8-4-6-3-7(6)9(8)10/h6-9,11H,1-5H2. The fourth-order valence-electron chi connectivity index (χ4n) is 3.97. The summed E-state index contributed by atoms with van der Waals surface area (Å²) in [5.74, 6) is 3.47. The highest BCUT2D eigenvalue weighted by molar-refractivity contribution is 5.19. The van der Waals surface area contributed by atoms with E-state index in [1.54, 1.807) is 19.3 Å². The molecule has 3 saturated carbocycles. The van der Waals surface area contributed by atoms with Gasteiger partial charge in [-0.2, -0.15) is 0 Å². The van der Waals surface area contributed by atoms with Gasteiger partial charge in [-0.3, -0.25) is 0 Å². The minimum atomic E-state index is 0.848. The van der Waals surface area contributed by atoms with Crippen LogP contribution in [0.2, 0.25) is 0 Å². The van der Waals surface area contributed by atoms with Crippen molar-refractivity contribution in [1.82, 2.24) is 5.32 Å². The summed E-state index contributed by atoms with van der Waals surface area (Å²) in [5.41, 5.74) is 0.848. The zero-order valence-corrected chi connectivity index (χ0v) is 6.84. The highest BCUT2D eigenvalue weighted by Gasteiger charge is 2.67. The fourth-order valence-corrected chi connectivity index (χ4v) is 3.97. The molecular weight excluding hydrogens is 134 g/mol. The van der Waals surface area contributed by atoms with Crippen LogP contribution in [0.3, 0.4) is 0 Å². The molecule has 11 heavy (non-hydrogen) atoms. The first-order valence-corrected chi connectivity index (χ1v) is 5.12. The Bertz CT molecular complexity index is 219. The number of hydrogen-bond acceptors (Lipinski definition) is 1. The maximum atomic E-state index is 3.73. The monoisotopic (exact) mass is 149 g/mol. The summed E-state index contributed by atoms with van der Waals surface area (Å²) in [6.45, 7) is 1.37. The van der Waals surface area contributed by atoms with Crippen LogP contribution in [-0.4, -0.2) is 12.6 Å². The highest BCUT2D eigenvalue weighted by atomic mass is 15.0. The molecule has 3 aliphatic carbocycles. The third kappa shape index (κ3) is 0.516. The van der Waals surface area contributed by atoms with E-state index in [0.717, 1.165) is 23.3 Å². The Balaban J connectivity index is 1.77. The van der Waals surface area contributed by atoms with Gasteiger partial charge in [-0.15, -0.1) is 0 Å². The minimum absolute atomic E-state index is 0.848. The summed E-state index contributed by atoms with van der Waals surface area (Å²) in [4.78, 5) is 0. The maximum Gasteiger partial charge on any atom is 0.0107 e. The third-order valence-corrected chi connectivity index (χ3v) is 4.74. The van der Waals surface area contributed by atoms with Crippen molar-refractivity contribution in [2.45, 2.75) is 31.7 Å². The molecule has 4 fully saturated rings. The molecule has 1 spiro atoms. The molecule has 1 nitrogen and oxygen atoms in total. The molecule has 0 amide bonds. The molecule has 1 N–H and O–H groups in total. The second-order valence-corrected chi connectivity index (χ2v) is 5.27. The van der Waals surface area contributed by atoms with Gasteiger partial charge in [-0.25, -0.2) is 0 Å². The van der Waals surface area contributed by atoms with Gasteiger partial charge in [0.25, 0.3) is 0 Å². The molecule has 0 aromatic heterocycles. The van der Waals surface area contributed by atoms with Crippen LogP contribution in [0.4, 0.5) is 0 Å². The number of hydrogen-bond donors (Lipinski definition) is 1. The van der Waals surface area contributed by atoms with E-state index in [4.69, 9.17) is 0 Å². The van der Waals surface area contributed by atoms with Crippen LogP contribution in [-0.2, 0) is 0 Å². The van der Waals surface area contributed by atoms with Crippen molar-refractivity contribution in [2.75, 3.05) is 6.54 Å². The first-order chi connectivity index (χ1) is 5.39. The van der Waals surface area contributed by atoms with Crippen molar-refractivity contribution < 1.29 is 0 Å². The molecule has 0 aromatic rings. The summed E-state index contributed by atoms with van der Waals surface area (Å²) in [6.07, 6.45) is 6.20. The Labute approximate surface area is 67.6 Å². The first kappa shape index (κ1) is 5.58. The smallest absolute Gasteiger partial charge is 0.0107 e. The SMILES string of the molecule is C1C2CC2C2C1NCC21CC1. The van der Waals surface area contributed by atoms with Crippen LogP contribution in [0.25, 0.3) is 0 Å². The van der Waals surface area contributed by atoms with Crippen molar-refractivity contribution in [1.29, 1.82) is 0 Å². The number of fused-ring (bicyclic) bond motifs is 4. The van der Waals surface area contributed by atoms with E-state index >= 15 is 0 Å². The van der Waals surface area contributed by atoms with Gasteiger partial charge in [0.05, 0.1) is 0 Å². The first-order valence-electron chi connectivity index (χ1n) is 5.12. The van der Waals surface area contributed by atoms with Crippen molar-refractivity contribution >= 4 is 0 Å².